The van der Waals surface area contributed by atoms with E-state index in [1.165, 1.54) is 6.20 Å². The van der Waals surface area contributed by atoms with Crippen LogP contribution in [0.5, 0.6) is 0 Å². The minimum Gasteiger partial charge on any atom is -0.306 e. The number of halogens is 1. The van der Waals surface area contributed by atoms with Crippen LogP contribution in [0.3, 0.4) is 0 Å². The van der Waals surface area contributed by atoms with Crippen molar-refractivity contribution >= 4 is 27.7 Å². The Kier molecular flexibility index (Phi) is 3.53. The second-order valence-electron chi connectivity index (χ2n) is 3.40. The summed E-state index contributed by atoms with van der Waals surface area (Å²) in [5.41, 5.74) is 0.525. The third kappa shape index (κ3) is 2.91. The Labute approximate surface area is 107 Å². The maximum absolute atomic E-state index is 11.8. The zero-order valence-electron chi connectivity index (χ0n) is 9.22. The zero-order valence-corrected chi connectivity index (χ0v) is 10.8. The summed E-state index contributed by atoms with van der Waals surface area (Å²) in [6.45, 7) is 2.70. The molecular formula is C11H11BrN4O. The van der Waals surface area contributed by atoms with E-state index in [1.807, 2.05) is 13.0 Å². The van der Waals surface area contributed by atoms with Crippen LogP contribution in [0.2, 0.25) is 0 Å². The Morgan fingerprint density at radius 2 is 2.29 bits per heavy atom. The number of amides is 1. The Hall–Kier alpha value is -1.69. The van der Waals surface area contributed by atoms with Crippen molar-refractivity contribution in [3.8, 4) is 0 Å². The highest BCUT2D eigenvalue weighted by Crippen LogP contribution is 2.11. The van der Waals surface area contributed by atoms with Crippen LogP contribution in [0.4, 0.5) is 5.82 Å². The van der Waals surface area contributed by atoms with Crippen LogP contribution in [0.1, 0.15) is 17.3 Å². The molecule has 0 aliphatic carbocycles. The summed E-state index contributed by atoms with van der Waals surface area (Å²) in [5, 5.41) is 6.74. The first-order valence-corrected chi connectivity index (χ1v) is 5.93. The molecule has 0 bridgehead atoms. The van der Waals surface area contributed by atoms with Gasteiger partial charge in [0.25, 0.3) is 5.91 Å². The van der Waals surface area contributed by atoms with Crippen LogP contribution < -0.4 is 5.32 Å². The summed E-state index contributed by atoms with van der Waals surface area (Å²) in [6, 6.07) is 3.55. The number of hydrogen-bond acceptors (Lipinski definition) is 3. The fraction of sp³-hybridized carbons (Fsp3) is 0.182. The van der Waals surface area contributed by atoms with E-state index in [1.54, 1.807) is 23.1 Å². The molecule has 0 fully saturated rings. The summed E-state index contributed by atoms with van der Waals surface area (Å²) >= 11 is 3.28. The van der Waals surface area contributed by atoms with Crippen molar-refractivity contribution in [3.63, 3.8) is 0 Å². The number of pyridine rings is 1. The monoisotopic (exact) mass is 294 g/mol. The Balaban J connectivity index is 2.08. The number of carbonyl (C=O) groups excluding carboxylic acids is 1. The van der Waals surface area contributed by atoms with Crippen LogP contribution in [0.25, 0.3) is 0 Å². The van der Waals surface area contributed by atoms with Gasteiger partial charge in [0.1, 0.15) is 5.82 Å². The van der Waals surface area contributed by atoms with Crippen LogP contribution >= 0.6 is 15.9 Å². The molecule has 2 heterocycles. The SMILES string of the molecule is CCn1cc(C(=O)Nc2ccc(Br)cn2)cn1. The third-order valence-corrected chi connectivity index (χ3v) is 2.66. The van der Waals surface area contributed by atoms with Gasteiger partial charge in [-0.1, -0.05) is 0 Å². The van der Waals surface area contributed by atoms with E-state index in [9.17, 15) is 4.79 Å². The highest BCUT2D eigenvalue weighted by Gasteiger charge is 2.08. The van der Waals surface area contributed by atoms with Crippen molar-refractivity contribution in [2.24, 2.45) is 0 Å². The van der Waals surface area contributed by atoms with E-state index < -0.39 is 0 Å². The van der Waals surface area contributed by atoms with Gasteiger partial charge in [0.2, 0.25) is 0 Å². The smallest absolute Gasteiger partial charge is 0.260 e. The van der Waals surface area contributed by atoms with E-state index in [4.69, 9.17) is 0 Å². The van der Waals surface area contributed by atoms with Gasteiger partial charge in [-0.2, -0.15) is 5.10 Å². The molecule has 0 radical (unpaired) electrons. The zero-order chi connectivity index (χ0) is 12.3. The van der Waals surface area contributed by atoms with Gasteiger partial charge in [-0.05, 0) is 35.0 Å². The van der Waals surface area contributed by atoms with Crippen molar-refractivity contribution in [1.82, 2.24) is 14.8 Å². The molecule has 0 atom stereocenters. The van der Waals surface area contributed by atoms with E-state index in [-0.39, 0.29) is 5.91 Å². The minimum atomic E-state index is -0.209. The van der Waals surface area contributed by atoms with E-state index in [2.05, 4.69) is 31.3 Å². The maximum Gasteiger partial charge on any atom is 0.260 e. The van der Waals surface area contributed by atoms with Gasteiger partial charge in [0, 0.05) is 23.4 Å². The van der Waals surface area contributed by atoms with Gasteiger partial charge in [-0.3, -0.25) is 9.48 Å². The molecule has 6 heteroatoms. The van der Waals surface area contributed by atoms with Crippen molar-refractivity contribution in [3.05, 3.63) is 40.8 Å². The first-order valence-electron chi connectivity index (χ1n) is 5.14. The van der Waals surface area contributed by atoms with Gasteiger partial charge in [0.05, 0.1) is 11.8 Å². The molecule has 0 aliphatic rings. The standard InChI is InChI=1S/C11H11BrN4O/c1-2-16-7-8(5-14-16)11(17)15-10-4-3-9(12)6-13-10/h3-7H,2H2,1H3,(H,13,15,17). The second-order valence-corrected chi connectivity index (χ2v) is 4.32. The van der Waals surface area contributed by atoms with Gasteiger partial charge < -0.3 is 5.32 Å². The average molecular weight is 295 g/mol. The predicted octanol–water partition coefficient (Wildman–Crippen LogP) is 2.31. The lowest BCUT2D eigenvalue weighted by atomic mass is 10.3. The second kappa shape index (κ2) is 5.09. The highest BCUT2D eigenvalue weighted by atomic mass is 79.9. The third-order valence-electron chi connectivity index (χ3n) is 2.19. The summed E-state index contributed by atoms with van der Waals surface area (Å²) in [6.07, 6.45) is 4.87. The van der Waals surface area contributed by atoms with Crippen molar-refractivity contribution in [1.29, 1.82) is 0 Å². The predicted molar refractivity (Wildman–Crippen MR) is 67.8 cm³/mol. The van der Waals surface area contributed by atoms with Crippen LogP contribution in [-0.2, 0) is 6.54 Å². The lowest BCUT2D eigenvalue weighted by Gasteiger charge is -2.01. The normalized spacial score (nSPS) is 10.2. The lowest BCUT2D eigenvalue weighted by Crippen LogP contribution is -2.12. The molecule has 0 unspecified atom stereocenters. The number of rotatable bonds is 3. The fourth-order valence-corrected chi connectivity index (χ4v) is 1.53. The van der Waals surface area contributed by atoms with Crippen molar-refractivity contribution < 1.29 is 4.79 Å². The van der Waals surface area contributed by atoms with Gasteiger partial charge in [-0.25, -0.2) is 4.98 Å². The molecule has 1 amide bonds. The van der Waals surface area contributed by atoms with Crippen LogP contribution in [0.15, 0.2) is 35.2 Å². The van der Waals surface area contributed by atoms with Crippen LogP contribution in [0, 0.1) is 0 Å². The first-order chi connectivity index (χ1) is 8.19. The minimum absolute atomic E-state index is 0.209. The number of hydrogen-bond donors (Lipinski definition) is 1. The largest absolute Gasteiger partial charge is 0.306 e. The fourth-order valence-electron chi connectivity index (χ4n) is 1.29. The molecule has 17 heavy (non-hydrogen) atoms. The van der Waals surface area contributed by atoms with Gasteiger partial charge in [-0.15, -0.1) is 0 Å². The maximum atomic E-state index is 11.8. The van der Waals surface area contributed by atoms with Crippen molar-refractivity contribution in [2.75, 3.05) is 5.32 Å². The Bertz CT molecular complexity index is 521. The number of nitrogens with zero attached hydrogens (tertiary/aromatic N) is 3. The molecule has 0 aromatic carbocycles. The molecule has 2 aromatic rings. The molecule has 88 valence electrons. The number of aromatic nitrogens is 3. The molecule has 2 aromatic heterocycles. The molecule has 0 aliphatic heterocycles. The number of aryl methyl sites for hydroxylation is 1. The molecule has 1 N–H and O–H groups in total. The van der Waals surface area contributed by atoms with Crippen molar-refractivity contribution in [2.45, 2.75) is 13.5 Å². The summed E-state index contributed by atoms with van der Waals surface area (Å²) in [4.78, 5) is 15.9. The molecule has 0 saturated heterocycles. The Morgan fingerprint density at radius 3 is 2.88 bits per heavy atom. The number of anilines is 1. The molecule has 2 rings (SSSR count). The number of nitrogens with one attached hydrogen (secondary N) is 1. The average Bonchev–Trinajstić information content (AvgIpc) is 2.81. The van der Waals surface area contributed by atoms with E-state index in [0.717, 1.165) is 11.0 Å². The molecular weight excluding hydrogens is 284 g/mol. The topological polar surface area (TPSA) is 59.8 Å². The van der Waals surface area contributed by atoms with E-state index >= 15 is 0 Å². The molecule has 5 nitrogen and oxygen atoms in total. The molecule has 0 spiro atoms. The molecule has 0 saturated carbocycles. The Morgan fingerprint density at radius 1 is 1.47 bits per heavy atom. The van der Waals surface area contributed by atoms with Gasteiger partial charge in [0.15, 0.2) is 0 Å². The summed E-state index contributed by atoms with van der Waals surface area (Å²) < 4.78 is 2.57. The van der Waals surface area contributed by atoms with Crippen LogP contribution in [-0.4, -0.2) is 20.7 Å². The summed E-state index contributed by atoms with van der Waals surface area (Å²) in [5.74, 6) is 0.307. The quantitative estimate of drug-likeness (QED) is 0.945. The van der Waals surface area contributed by atoms with E-state index in [0.29, 0.717) is 11.4 Å². The summed E-state index contributed by atoms with van der Waals surface area (Å²) in [7, 11) is 0. The first kappa shape index (κ1) is 11.8. The lowest BCUT2D eigenvalue weighted by molar-refractivity contribution is 0.102. The number of carbonyl (C=O) groups is 1. The highest BCUT2D eigenvalue weighted by molar-refractivity contribution is 9.10. The van der Waals surface area contributed by atoms with Gasteiger partial charge >= 0.3 is 0 Å².